The van der Waals surface area contributed by atoms with Crippen molar-refractivity contribution in [3.8, 4) is 0 Å². The third kappa shape index (κ3) is 3.24. The summed E-state index contributed by atoms with van der Waals surface area (Å²) in [7, 11) is 0. The molecule has 1 aromatic heterocycles. The van der Waals surface area contributed by atoms with Crippen LogP contribution in [0, 0.1) is 0 Å². The Hall–Kier alpha value is -2.14. The Morgan fingerprint density at radius 2 is 2.20 bits per heavy atom. The molecule has 0 aliphatic carbocycles. The molecule has 0 bridgehead atoms. The highest BCUT2D eigenvalue weighted by Crippen LogP contribution is 2.19. The van der Waals surface area contributed by atoms with Crippen molar-refractivity contribution in [3.05, 3.63) is 35.9 Å². The lowest BCUT2D eigenvalue weighted by atomic mass is 10.1. The van der Waals surface area contributed by atoms with Crippen LogP contribution in [0.2, 0.25) is 0 Å². The van der Waals surface area contributed by atoms with Gasteiger partial charge in [-0.1, -0.05) is 18.2 Å². The molecule has 0 saturated carbocycles. The van der Waals surface area contributed by atoms with Crippen LogP contribution < -0.4 is 11.1 Å². The number of benzene rings is 1. The van der Waals surface area contributed by atoms with Crippen LogP contribution >= 0.6 is 0 Å². The molecule has 1 unspecified atom stereocenters. The first-order chi connectivity index (χ1) is 9.61. The molecule has 1 aromatic carbocycles. The number of hydrogen-bond acceptors (Lipinski definition) is 4. The molecule has 2 rings (SSSR count). The Kier molecular flexibility index (Phi) is 4.53. The number of hydrogen-bond donors (Lipinski definition) is 2. The summed E-state index contributed by atoms with van der Waals surface area (Å²) >= 11 is 0. The van der Waals surface area contributed by atoms with Gasteiger partial charge in [0.05, 0.1) is 17.2 Å². The SMILES string of the molecule is CCOC(C)CNC(=O)c1cc(N)nc2ccccc12. The first-order valence-corrected chi connectivity index (χ1v) is 6.67. The Labute approximate surface area is 118 Å². The summed E-state index contributed by atoms with van der Waals surface area (Å²) in [6.07, 6.45) is -0.0191. The number of nitrogens with two attached hydrogens (primary N) is 1. The van der Waals surface area contributed by atoms with Crippen LogP contribution in [-0.2, 0) is 4.74 Å². The molecule has 1 atom stereocenters. The molecule has 0 saturated heterocycles. The van der Waals surface area contributed by atoms with Gasteiger partial charge in [0.1, 0.15) is 5.82 Å². The van der Waals surface area contributed by atoms with Crippen LogP contribution in [0.4, 0.5) is 5.82 Å². The van der Waals surface area contributed by atoms with Crippen molar-refractivity contribution >= 4 is 22.6 Å². The number of anilines is 1. The van der Waals surface area contributed by atoms with E-state index in [1.807, 2.05) is 38.1 Å². The molecule has 0 fully saturated rings. The van der Waals surface area contributed by atoms with E-state index in [1.54, 1.807) is 6.07 Å². The maximum Gasteiger partial charge on any atom is 0.252 e. The molecule has 3 N–H and O–H groups in total. The fourth-order valence-electron chi connectivity index (χ4n) is 2.06. The average Bonchev–Trinajstić information content (AvgIpc) is 2.44. The van der Waals surface area contributed by atoms with Gasteiger partial charge in [0.2, 0.25) is 0 Å². The number of nitrogens with one attached hydrogen (secondary N) is 1. The lowest BCUT2D eigenvalue weighted by Crippen LogP contribution is -2.32. The summed E-state index contributed by atoms with van der Waals surface area (Å²) in [6.45, 7) is 4.93. The second-order valence-electron chi connectivity index (χ2n) is 4.59. The van der Waals surface area contributed by atoms with E-state index in [0.717, 1.165) is 10.9 Å². The Morgan fingerprint density at radius 1 is 1.45 bits per heavy atom. The lowest BCUT2D eigenvalue weighted by molar-refractivity contribution is 0.0695. The third-order valence-corrected chi connectivity index (χ3v) is 2.98. The topological polar surface area (TPSA) is 77.2 Å². The molecule has 5 heteroatoms. The van der Waals surface area contributed by atoms with E-state index in [2.05, 4.69) is 10.3 Å². The van der Waals surface area contributed by atoms with Crippen molar-refractivity contribution < 1.29 is 9.53 Å². The predicted molar refractivity (Wildman–Crippen MR) is 79.6 cm³/mol. The van der Waals surface area contributed by atoms with Gasteiger partial charge in [-0.2, -0.15) is 0 Å². The predicted octanol–water partition coefficient (Wildman–Crippen LogP) is 1.97. The molecule has 5 nitrogen and oxygen atoms in total. The van der Waals surface area contributed by atoms with E-state index >= 15 is 0 Å². The molecular formula is C15H19N3O2. The molecule has 1 amide bonds. The minimum Gasteiger partial charge on any atom is -0.384 e. The second kappa shape index (κ2) is 6.34. The van der Waals surface area contributed by atoms with Crippen molar-refractivity contribution in [1.82, 2.24) is 10.3 Å². The summed E-state index contributed by atoms with van der Waals surface area (Å²) in [5.74, 6) is 0.175. The smallest absolute Gasteiger partial charge is 0.252 e. The van der Waals surface area contributed by atoms with Gasteiger partial charge in [-0.15, -0.1) is 0 Å². The number of pyridine rings is 1. The fourth-order valence-corrected chi connectivity index (χ4v) is 2.06. The number of nitrogen functional groups attached to an aromatic ring is 1. The Bertz CT molecular complexity index is 613. The zero-order valence-electron chi connectivity index (χ0n) is 11.7. The average molecular weight is 273 g/mol. The lowest BCUT2D eigenvalue weighted by Gasteiger charge is -2.13. The molecule has 0 aliphatic heterocycles. The quantitative estimate of drug-likeness (QED) is 0.873. The second-order valence-corrected chi connectivity index (χ2v) is 4.59. The molecule has 0 spiro atoms. The van der Waals surface area contributed by atoms with E-state index in [9.17, 15) is 4.79 Å². The maximum absolute atomic E-state index is 12.3. The summed E-state index contributed by atoms with van der Waals surface area (Å²) < 4.78 is 5.39. The van der Waals surface area contributed by atoms with Crippen LogP contribution in [0.1, 0.15) is 24.2 Å². The molecule has 0 radical (unpaired) electrons. The first kappa shape index (κ1) is 14.3. The Balaban J connectivity index is 2.21. The number of amides is 1. The Morgan fingerprint density at radius 3 is 2.95 bits per heavy atom. The van der Waals surface area contributed by atoms with E-state index in [0.29, 0.717) is 24.5 Å². The monoisotopic (exact) mass is 273 g/mol. The van der Waals surface area contributed by atoms with Crippen LogP contribution in [-0.4, -0.2) is 30.1 Å². The van der Waals surface area contributed by atoms with E-state index in [4.69, 9.17) is 10.5 Å². The maximum atomic E-state index is 12.3. The molecule has 20 heavy (non-hydrogen) atoms. The van der Waals surface area contributed by atoms with Crippen molar-refractivity contribution in [1.29, 1.82) is 0 Å². The van der Waals surface area contributed by atoms with Gasteiger partial charge in [0.25, 0.3) is 5.91 Å². The normalized spacial score (nSPS) is 12.3. The summed E-state index contributed by atoms with van der Waals surface area (Å²) in [5.41, 5.74) is 7.01. The summed E-state index contributed by atoms with van der Waals surface area (Å²) in [4.78, 5) is 16.5. The standard InChI is InChI=1S/C15H19N3O2/c1-3-20-10(2)9-17-15(19)12-8-14(16)18-13-7-5-4-6-11(12)13/h4-8,10H,3,9H2,1-2H3,(H2,16,18)(H,17,19). The number of fused-ring (bicyclic) bond motifs is 1. The van der Waals surface area contributed by atoms with Crippen LogP contribution in [0.3, 0.4) is 0 Å². The van der Waals surface area contributed by atoms with Crippen molar-refractivity contribution in [2.75, 3.05) is 18.9 Å². The number of carbonyl (C=O) groups is 1. The number of carbonyl (C=O) groups excluding carboxylic acids is 1. The largest absolute Gasteiger partial charge is 0.384 e. The van der Waals surface area contributed by atoms with E-state index in [1.165, 1.54) is 0 Å². The minimum absolute atomic E-state index is 0.0191. The van der Waals surface area contributed by atoms with Crippen molar-refractivity contribution in [2.24, 2.45) is 0 Å². The van der Waals surface area contributed by atoms with Crippen LogP contribution in [0.15, 0.2) is 30.3 Å². The first-order valence-electron chi connectivity index (χ1n) is 6.67. The van der Waals surface area contributed by atoms with E-state index in [-0.39, 0.29) is 12.0 Å². The summed E-state index contributed by atoms with van der Waals surface area (Å²) in [6, 6.07) is 9.05. The molecule has 106 valence electrons. The molecule has 0 aliphatic rings. The highest BCUT2D eigenvalue weighted by Gasteiger charge is 2.12. The van der Waals surface area contributed by atoms with Gasteiger partial charge >= 0.3 is 0 Å². The zero-order chi connectivity index (χ0) is 14.5. The number of para-hydroxylation sites is 1. The van der Waals surface area contributed by atoms with Gasteiger partial charge in [0, 0.05) is 18.5 Å². The summed E-state index contributed by atoms with van der Waals surface area (Å²) in [5, 5.41) is 3.65. The van der Waals surface area contributed by atoms with Gasteiger partial charge in [0.15, 0.2) is 0 Å². The van der Waals surface area contributed by atoms with Gasteiger partial charge in [-0.3, -0.25) is 4.79 Å². The van der Waals surface area contributed by atoms with Gasteiger partial charge in [-0.05, 0) is 26.0 Å². The number of aromatic nitrogens is 1. The zero-order valence-corrected chi connectivity index (χ0v) is 11.7. The minimum atomic E-state index is -0.165. The molecule has 2 aromatic rings. The van der Waals surface area contributed by atoms with Gasteiger partial charge in [-0.25, -0.2) is 4.98 Å². The molecular weight excluding hydrogens is 254 g/mol. The van der Waals surface area contributed by atoms with E-state index < -0.39 is 0 Å². The van der Waals surface area contributed by atoms with Crippen molar-refractivity contribution in [2.45, 2.75) is 20.0 Å². The molecule has 1 heterocycles. The van der Waals surface area contributed by atoms with Crippen LogP contribution in [0.25, 0.3) is 10.9 Å². The number of ether oxygens (including phenoxy) is 1. The van der Waals surface area contributed by atoms with Crippen molar-refractivity contribution in [3.63, 3.8) is 0 Å². The fraction of sp³-hybridized carbons (Fsp3) is 0.333. The number of nitrogens with zero attached hydrogens (tertiary/aromatic N) is 1. The third-order valence-electron chi connectivity index (χ3n) is 2.98. The highest BCUT2D eigenvalue weighted by atomic mass is 16.5. The number of rotatable bonds is 5. The van der Waals surface area contributed by atoms with Gasteiger partial charge < -0.3 is 15.8 Å². The van der Waals surface area contributed by atoms with Crippen LogP contribution in [0.5, 0.6) is 0 Å². The highest BCUT2D eigenvalue weighted by molar-refractivity contribution is 6.06.